The number of rotatable bonds is 6. The van der Waals surface area contributed by atoms with Crippen LogP contribution in [0.3, 0.4) is 0 Å². The number of hydrogen-bond donors (Lipinski definition) is 1. The van der Waals surface area contributed by atoms with E-state index in [2.05, 4.69) is 19.2 Å². The molecule has 3 nitrogen and oxygen atoms in total. The summed E-state index contributed by atoms with van der Waals surface area (Å²) in [5.41, 5.74) is 2.06. The highest BCUT2D eigenvalue weighted by molar-refractivity contribution is 5.67. The van der Waals surface area contributed by atoms with Crippen molar-refractivity contribution >= 4 is 6.09 Å². The Kier molecular flexibility index (Phi) is 5.38. The Balaban J connectivity index is 1.08. The summed E-state index contributed by atoms with van der Waals surface area (Å²) in [6.07, 6.45) is 21.9. The van der Waals surface area contributed by atoms with Gasteiger partial charge in [-0.05, 0) is 116 Å². The van der Waals surface area contributed by atoms with E-state index in [9.17, 15) is 4.79 Å². The van der Waals surface area contributed by atoms with Gasteiger partial charge in [0.1, 0.15) is 0 Å². The average molecular weight is 442 g/mol. The van der Waals surface area contributed by atoms with Crippen LogP contribution in [0.1, 0.15) is 117 Å². The van der Waals surface area contributed by atoms with Gasteiger partial charge in [-0.2, -0.15) is 0 Å². The molecule has 6 aliphatic carbocycles. The molecule has 1 amide bonds. The standard InChI is InChI=1S/C29H47NO2/c1-3-20-19-29-24-14-13-21(9-8-18-32-26(31)30-22-10-4-5-11-22)27(24,2)17-15-25(29)28(29)16-7-6-12-23(20)28/h20-25H,3-19H2,1-2H3,(H,30,31)/t20-,21?,23?,24?,25+,27?,28?,29?/m0/s1. The van der Waals surface area contributed by atoms with Crippen LogP contribution in [-0.2, 0) is 4.74 Å². The predicted molar refractivity (Wildman–Crippen MR) is 128 cm³/mol. The molecule has 0 aromatic carbocycles. The Bertz CT molecular complexity index is 731. The quantitative estimate of drug-likeness (QED) is 0.434. The number of fused-ring (bicyclic) bond motifs is 1. The van der Waals surface area contributed by atoms with Crippen molar-refractivity contribution in [2.24, 2.45) is 45.8 Å². The summed E-state index contributed by atoms with van der Waals surface area (Å²) in [6.45, 7) is 5.77. The Morgan fingerprint density at radius 3 is 2.56 bits per heavy atom. The van der Waals surface area contributed by atoms with Crippen LogP contribution in [0.25, 0.3) is 0 Å². The smallest absolute Gasteiger partial charge is 0.407 e. The highest BCUT2D eigenvalue weighted by Crippen LogP contribution is 2.92. The van der Waals surface area contributed by atoms with E-state index in [1.807, 2.05) is 0 Å². The maximum Gasteiger partial charge on any atom is 0.407 e. The van der Waals surface area contributed by atoms with E-state index < -0.39 is 0 Å². The zero-order valence-corrected chi connectivity index (χ0v) is 20.8. The molecule has 6 aliphatic rings. The van der Waals surface area contributed by atoms with Crippen molar-refractivity contribution in [1.82, 2.24) is 5.32 Å². The van der Waals surface area contributed by atoms with Crippen molar-refractivity contribution in [2.75, 3.05) is 6.61 Å². The maximum atomic E-state index is 12.1. The molecule has 6 fully saturated rings. The summed E-state index contributed by atoms with van der Waals surface area (Å²) in [6, 6.07) is 0.360. The van der Waals surface area contributed by atoms with Gasteiger partial charge in [0.25, 0.3) is 0 Å². The van der Waals surface area contributed by atoms with Gasteiger partial charge in [0, 0.05) is 6.04 Å². The molecule has 6 unspecified atom stereocenters. The van der Waals surface area contributed by atoms with E-state index >= 15 is 0 Å². The van der Waals surface area contributed by atoms with E-state index in [4.69, 9.17) is 4.74 Å². The Hall–Kier alpha value is -0.730. The highest BCUT2D eigenvalue weighted by Gasteiger charge is 2.86. The number of ether oxygens (including phenoxy) is 1. The van der Waals surface area contributed by atoms with Gasteiger partial charge in [-0.3, -0.25) is 0 Å². The molecule has 1 N–H and O–H groups in total. The second kappa shape index (κ2) is 7.91. The molecule has 0 bridgehead atoms. The predicted octanol–water partition coefficient (Wildman–Crippen LogP) is 7.48. The fourth-order valence-corrected chi connectivity index (χ4v) is 11.4. The van der Waals surface area contributed by atoms with Crippen LogP contribution in [0.15, 0.2) is 0 Å². The Morgan fingerprint density at radius 1 is 0.938 bits per heavy atom. The van der Waals surface area contributed by atoms with Crippen LogP contribution < -0.4 is 5.32 Å². The molecule has 180 valence electrons. The highest BCUT2D eigenvalue weighted by atomic mass is 16.5. The Morgan fingerprint density at radius 2 is 1.75 bits per heavy atom. The van der Waals surface area contributed by atoms with Crippen molar-refractivity contribution in [1.29, 1.82) is 0 Å². The van der Waals surface area contributed by atoms with Crippen molar-refractivity contribution in [3.8, 4) is 0 Å². The third-order valence-corrected chi connectivity index (χ3v) is 12.5. The number of nitrogens with one attached hydrogen (secondary N) is 1. The molecular formula is C29H47NO2. The molecule has 3 heteroatoms. The first-order valence-corrected chi connectivity index (χ1v) is 14.5. The van der Waals surface area contributed by atoms with Crippen molar-refractivity contribution in [2.45, 2.75) is 123 Å². The minimum atomic E-state index is -0.174. The topological polar surface area (TPSA) is 38.3 Å². The van der Waals surface area contributed by atoms with Crippen LogP contribution in [0.2, 0.25) is 0 Å². The third-order valence-electron chi connectivity index (χ3n) is 12.5. The number of carbonyl (C=O) groups is 1. The summed E-state index contributed by atoms with van der Waals surface area (Å²) in [5.74, 6) is 5.02. The summed E-state index contributed by atoms with van der Waals surface area (Å²) >= 11 is 0. The molecule has 0 saturated heterocycles. The minimum Gasteiger partial charge on any atom is -0.450 e. The molecule has 0 heterocycles. The monoisotopic (exact) mass is 441 g/mol. The molecule has 6 rings (SSSR count). The number of carbonyl (C=O) groups excluding carboxylic acids is 1. The normalized spacial score (nSPS) is 49.1. The molecule has 0 radical (unpaired) electrons. The lowest BCUT2D eigenvalue weighted by molar-refractivity contribution is 0.0257. The zero-order valence-electron chi connectivity index (χ0n) is 20.8. The fourth-order valence-electron chi connectivity index (χ4n) is 11.4. The molecule has 6 saturated carbocycles. The lowest BCUT2D eigenvalue weighted by Crippen LogP contribution is -2.39. The molecule has 32 heavy (non-hydrogen) atoms. The molecule has 8 atom stereocenters. The molecule has 2 spiro atoms. The van der Waals surface area contributed by atoms with Crippen molar-refractivity contribution in [3.63, 3.8) is 0 Å². The summed E-state index contributed by atoms with van der Waals surface area (Å²) in [7, 11) is 0. The van der Waals surface area contributed by atoms with Gasteiger partial charge in [0.05, 0.1) is 6.61 Å². The van der Waals surface area contributed by atoms with Crippen molar-refractivity contribution < 1.29 is 9.53 Å². The van der Waals surface area contributed by atoms with Gasteiger partial charge in [-0.1, -0.05) is 46.0 Å². The fraction of sp³-hybridized carbons (Fsp3) is 0.966. The summed E-state index contributed by atoms with van der Waals surface area (Å²) in [5, 5.41) is 3.07. The SMILES string of the molecule is CC[C@H]1CC23C4CCC(CCCOC(=O)NC5CCCC5)C4(C)CC[C@@H]2C32CCCCC12. The van der Waals surface area contributed by atoms with Gasteiger partial charge in [0.2, 0.25) is 0 Å². The van der Waals surface area contributed by atoms with Crippen molar-refractivity contribution in [3.05, 3.63) is 0 Å². The van der Waals surface area contributed by atoms with Crippen LogP contribution in [0.4, 0.5) is 4.79 Å². The Labute approximate surface area is 196 Å². The maximum absolute atomic E-state index is 12.1. The number of amides is 1. The van der Waals surface area contributed by atoms with E-state index in [-0.39, 0.29) is 6.09 Å². The first-order chi connectivity index (χ1) is 15.6. The van der Waals surface area contributed by atoms with Gasteiger partial charge >= 0.3 is 6.09 Å². The second-order valence-electron chi connectivity index (χ2n) is 13.1. The van der Waals surface area contributed by atoms with E-state index in [1.54, 1.807) is 19.3 Å². The van der Waals surface area contributed by atoms with Crippen LogP contribution >= 0.6 is 0 Å². The first kappa shape index (κ1) is 21.8. The van der Waals surface area contributed by atoms with E-state index in [0.717, 1.165) is 59.7 Å². The average Bonchev–Trinajstić information content (AvgIpc) is 3.24. The lowest BCUT2D eigenvalue weighted by atomic mass is 9.59. The molecule has 0 aromatic rings. The van der Waals surface area contributed by atoms with Gasteiger partial charge in [-0.25, -0.2) is 4.79 Å². The minimum absolute atomic E-state index is 0.174. The van der Waals surface area contributed by atoms with Gasteiger partial charge in [-0.15, -0.1) is 0 Å². The van der Waals surface area contributed by atoms with Gasteiger partial charge in [0.15, 0.2) is 0 Å². The van der Waals surface area contributed by atoms with Crippen LogP contribution in [0, 0.1) is 45.8 Å². The molecule has 0 aliphatic heterocycles. The van der Waals surface area contributed by atoms with Crippen LogP contribution in [0.5, 0.6) is 0 Å². The largest absolute Gasteiger partial charge is 0.450 e. The zero-order chi connectivity index (χ0) is 22.0. The first-order valence-electron chi connectivity index (χ1n) is 14.5. The summed E-state index contributed by atoms with van der Waals surface area (Å²) < 4.78 is 5.58. The second-order valence-corrected chi connectivity index (χ2v) is 13.1. The third kappa shape index (κ3) is 2.87. The van der Waals surface area contributed by atoms with E-state index in [1.165, 1.54) is 64.2 Å². The molecule has 0 aromatic heterocycles. The van der Waals surface area contributed by atoms with Gasteiger partial charge < -0.3 is 10.1 Å². The number of hydrogen-bond acceptors (Lipinski definition) is 2. The molecular weight excluding hydrogens is 394 g/mol. The van der Waals surface area contributed by atoms with Crippen LogP contribution in [-0.4, -0.2) is 18.7 Å². The summed E-state index contributed by atoms with van der Waals surface area (Å²) in [4.78, 5) is 12.1. The lowest BCUT2D eigenvalue weighted by Gasteiger charge is -2.46. The van der Waals surface area contributed by atoms with E-state index in [0.29, 0.717) is 18.1 Å². The number of alkyl carbamates (subject to hydrolysis) is 1.